The maximum atomic E-state index is 11.2. The van der Waals surface area contributed by atoms with Gasteiger partial charge in [0.1, 0.15) is 11.1 Å². The molecule has 0 fully saturated rings. The topological polar surface area (TPSA) is 109 Å². The van der Waals surface area contributed by atoms with Crippen LogP contribution in [0.3, 0.4) is 0 Å². The summed E-state index contributed by atoms with van der Waals surface area (Å²) in [5.74, 6) is -1.08. The molecule has 0 unspecified atom stereocenters. The largest absolute Gasteiger partial charge is 0.480 e. The van der Waals surface area contributed by atoms with Gasteiger partial charge in [0.25, 0.3) is 0 Å². The molecule has 1 rings (SSSR count). The summed E-state index contributed by atoms with van der Waals surface area (Å²) in [6.45, 7) is 1.75. The first-order chi connectivity index (χ1) is 7.54. The van der Waals surface area contributed by atoms with Crippen LogP contribution in [0.2, 0.25) is 0 Å². The molecule has 0 aliphatic carbocycles. The number of nitrogens with two attached hydrogens (primary N) is 1. The Hall–Kier alpha value is -1.34. The van der Waals surface area contributed by atoms with Crippen molar-refractivity contribution in [2.75, 3.05) is 0 Å². The number of hydrogen-bond donors (Lipinski definition) is 3. The van der Waals surface area contributed by atoms with Crippen LogP contribution in [-0.2, 0) is 16.0 Å². The van der Waals surface area contributed by atoms with Crippen molar-refractivity contribution in [1.82, 2.24) is 9.97 Å². The average Bonchev–Trinajstić information content (AvgIpc) is 2.65. The Kier molecular flexibility index (Phi) is 4.51. The van der Waals surface area contributed by atoms with Crippen LogP contribution in [0.4, 0.5) is 0 Å². The molecule has 0 radical (unpaired) electrons. The molecular formula is C9H13N3O3S. The average molecular weight is 243 g/mol. The number of carbonyl (C=O) groups excluding carboxylic acids is 1. The number of aromatic amines is 1. The number of aliphatic carboxylic acids is 1. The van der Waals surface area contributed by atoms with E-state index < -0.39 is 12.0 Å². The van der Waals surface area contributed by atoms with Crippen molar-refractivity contribution in [2.24, 2.45) is 5.73 Å². The summed E-state index contributed by atoms with van der Waals surface area (Å²) in [5.41, 5.74) is 5.98. The van der Waals surface area contributed by atoms with Crippen LogP contribution >= 0.6 is 11.8 Å². The fraction of sp³-hybridized carbons (Fsp3) is 0.444. The molecule has 0 saturated carbocycles. The molecule has 16 heavy (non-hydrogen) atoms. The molecule has 1 heterocycles. The Morgan fingerprint density at radius 2 is 2.38 bits per heavy atom. The number of nitrogens with zero attached hydrogens (tertiary/aromatic N) is 1. The molecule has 0 aromatic carbocycles. The Morgan fingerprint density at radius 1 is 1.69 bits per heavy atom. The first-order valence-corrected chi connectivity index (χ1v) is 5.57. The standard InChI is InChI=1S/C9H13N3O3S/c1-2-7(13)16-8-6(11-4-12-8)3-5(10)9(14)15/h4-5H,2-3,10H2,1H3,(H,11,12)(H,14,15)/t5-/m1/s1. The van der Waals surface area contributed by atoms with Gasteiger partial charge in [0, 0.05) is 12.8 Å². The SMILES string of the molecule is CCC(=O)Sc1nc[nH]c1C[C@@H](N)C(=O)O. The minimum absolute atomic E-state index is 0.0164. The molecule has 0 spiro atoms. The second-order valence-electron chi connectivity index (χ2n) is 3.16. The lowest BCUT2D eigenvalue weighted by atomic mass is 10.2. The highest BCUT2D eigenvalue weighted by molar-refractivity contribution is 8.13. The molecule has 1 atom stereocenters. The zero-order chi connectivity index (χ0) is 12.1. The number of carboxylic acids is 1. The van der Waals surface area contributed by atoms with Gasteiger partial charge in [0.2, 0.25) is 0 Å². The van der Waals surface area contributed by atoms with E-state index in [9.17, 15) is 9.59 Å². The van der Waals surface area contributed by atoms with Crippen molar-refractivity contribution in [1.29, 1.82) is 0 Å². The molecule has 1 aromatic rings. The number of rotatable bonds is 5. The molecule has 0 bridgehead atoms. The summed E-state index contributed by atoms with van der Waals surface area (Å²) in [6.07, 6.45) is 1.96. The molecule has 88 valence electrons. The third kappa shape index (κ3) is 3.35. The van der Waals surface area contributed by atoms with E-state index in [0.29, 0.717) is 17.1 Å². The molecule has 7 heteroatoms. The summed E-state index contributed by atoms with van der Waals surface area (Å²) < 4.78 is 0. The summed E-state index contributed by atoms with van der Waals surface area (Å²) in [5, 5.41) is 9.15. The predicted molar refractivity (Wildman–Crippen MR) is 59.1 cm³/mol. The predicted octanol–water partition coefficient (Wildman–Crippen LogP) is 0.393. The van der Waals surface area contributed by atoms with Gasteiger partial charge in [0.15, 0.2) is 5.12 Å². The third-order valence-corrected chi connectivity index (χ3v) is 2.98. The van der Waals surface area contributed by atoms with Crippen LogP contribution in [0.15, 0.2) is 11.4 Å². The van der Waals surface area contributed by atoms with Crippen molar-refractivity contribution >= 4 is 22.8 Å². The van der Waals surface area contributed by atoms with Crippen LogP contribution in [0.25, 0.3) is 0 Å². The number of hydrogen-bond acceptors (Lipinski definition) is 5. The van der Waals surface area contributed by atoms with Crippen LogP contribution in [0.1, 0.15) is 19.0 Å². The normalized spacial score (nSPS) is 12.4. The molecule has 0 aliphatic heterocycles. The van der Waals surface area contributed by atoms with Gasteiger partial charge in [-0.15, -0.1) is 0 Å². The van der Waals surface area contributed by atoms with Crippen molar-refractivity contribution in [3.63, 3.8) is 0 Å². The van der Waals surface area contributed by atoms with Crippen LogP contribution in [0, 0.1) is 0 Å². The summed E-state index contributed by atoms with van der Waals surface area (Å²) in [6, 6.07) is -0.989. The number of carboxylic acid groups (broad SMARTS) is 1. The van der Waals surface area contributed by atoms with E-state index in [-0.39, 0.29) is 11.5 Å². The third-order valence-electron chi connectivity index (χ3n) is 1.92. The first kappa shape index (κ1) is 12.7. The Balaban J connectivity index is 2.70. The molecule has 1 aromatic heterocycles. The Labute approximate surface area is 96.6 Å². The van der Waals surface area contributed by atoms with Gasteiger partial charge < -0.3 is 15.8 Å². The molecule has 4 N–H and O–H groups in total. The zero-order valence-corrected chi connectivity index (χ0v) is 9.58. The highest BCUT2D eigenvalue weighted by atomic mass is 32.2. The second-order valence-corrected chi connectivity index (χ2v) is 4.21. The van der Waals surface area contributed by atoms with E-state index in [0.717, 1.165) is 11.8 Å². The van der Waals surface area contributed by atoms with Gasteiger partial charge in [-0.3, -0.25) is 9.59 Å². The first-order valence-electron chi connectivity index (χ1n) is 4.76. The maximum Gasteiger partial charge on any atom is 0.320 e. The quantitative estimate of drug-likeness (QED) is 0.645. The summed E-state index contributed by atoms with van der Waals surface area (Å²) >= 11 is 1.00. The Morgan fingerprint density at radius 3 is 2.94 bits per heavy atom. The van der Waals surface area contributed by atoms with Crippen molar-refractivity contribution in [2.45, 2.75) is 30.8 Å². The van der Waals surface area contributed by atoms with Gasteiger partial charge >= 0.3 is 5.97 Å². The Bertz CT molecular complexity index is 391. The molecule has 0 aliphatic rings. The monoisotopic (exact) mass is 243 g/mol. The van der Waals surface area contributed by atoms with Gasteiger partial charge in [-0.2, -0.15) is 0 Å². The van der Waals surface area contributed by atoms with E-state index in [4.69, 9.17) is 10.8 Å². The number of H-pyrrole nitrogens is 1. The summed E-state index contributed by atoms with van der Waals surface area (Å²) in [4.78, 5) is 28.5. The lowest BCUT2D eigenvalue weighted by Crippen LogP contribution is -2.32. The molecular weight excluding hydrogens is 230 g/mol. The highest BCUT2D eigenvalue weighted by Crippen LogP contribution is 2.21. The number of carbonyl (C=O) groups is 2. The minimum Gasteiger partial charge on any atom is -0.480 e. The number of aromatic nitrogens is 2. The number of nitrogens with one attached hydrogen (secondary N) is 1. The van der Waals surface area contributed by atoms with E-state index in [1.54, 1.807) is 6.92 Å². The fourth-order valence-electron chi connectivity index (χ4n) is 1.03. The number of imidazole rings is 1. The van der Waals surface area contributed by atoms with Gasteiger partial charge in [0.05, 0.1) is 12.0 Å². The van der Waals surface area contributed by atoms with Crippen LogP contribution in [-0.4, -0.2) is 32.2 Å². The summed E-state index contributed by atoms with van der Waals surface area (Å²) in [7, 11) is 0. The van der Waals surface area contributed by atoms with Gasteiger partial charge in [-0.05, 0) is 11.8 Å². The lowest BCUT2D eigenvalue weighted by molar-refractivity contribution is -0.138. The van der Waals surface area contributed by atoms with Crippen molar-refractivity contribution in [3.05, 3.63) is 12.0 Å². The van der Waals surface area contributed by atoms with E-state index in [2.05, 4.69) is 9.97 Å². The zero-order valence-electron chi connectivity index (χ0n) is 8.77. The molecule has 0 amide bonds. The lowest BCUT2D eigenvalue weighted by Gasteiger charge is -2.05. The smallest absolute Gasteiger partial charge is 0.320 e. The minimum atomic E-state index is -1.08. The molecule has 0 saturated heterocycles. The molecule has 6 nitrogen and oxygen atoms in total. The number of thioether (sulfide) groups is 1. The van der Waals surface area contributed by atoms with Crippen molar-refractivity contribution in [3.8, 4) is 0 Å². The maximum absolute atomic E-state index is 11.2. The van der Waals surface area contributed by atoms with Crippen molar-refractivity contribution < 1.29 is 14.7 Å². The van der Waals surface area contributed by atoms with E-state index >= 15 is 0 Å². The highest BCUT2D eigenvalue weighted by Gasteiger charge is 2.17. The van der Waals surface area contributed by atoms with Crippen LogP contribution in [0.5, 0.6) is 0 Å². The van der Waals surface area contributed by atoms with Gasteiger partial charge in [-0.25, -0.2) is 4.98 Å². The van der Waals surface area contributed by atoms with Gasteiger partial charge in [-0.1, -0.05) is 6.92 Å². The van der Waals surface area contributed by atoms with E-state index in [1.807, 2.05) is 0 Å². The van der Waals surface area contributed by atoms with Crippen LogP contribution < -0.4 is 5.73 Å². The van der Waals surface area contributed by atoms with E-state index in [1.165, 1.54) is 6.33 Å². The fourth-order valence-corrected chi connectivity index (χ4v) is 1.76. The second kappa shape index (κ2) is 5.66.